The summed E-state index contributed by atoms with van der Waals surface area (Å²) in [5, 5.41) is 27.6. The fourth-order valence-electron chi connectivity index (χ4n) is 4.91. The normalized spacial score (nSPS) is 16.9. The van der Waals surface area contributed by atoms with Crippen molar-refractivity contribution in [2.45, 2.75) is 97.7 Å². The van der Waals surface area contributed by atoms with Gasteiger partial charge in [0.2, 0.25) is 5.91 Å². The molecule has 0 bridgehead atoms. The van der Waals surface area contributed by atoms with Gasteiger partial charge in [-0.3, -0.25) is 14.9 Å². The zero-order valence-corrected chi connectivity index (χ0v) is 26.4. The summed E-state index contributed by atoms with van der Waals surface area (Å²) in [6, 6.07) is 8.84. The highest BCUT2D eigenvalue weighted by Crippen LogP contribution is 2.29. The monoisotopic (exact) mass is 590 g/mol. The van der Waals surface area contributed by atoms with Gasteiger partial charge in [0, 0.05) is 30.9 Å². The molecule has 0 radical (unpaired) electrons. The molecule has 0 fully saturated rings. The first-order chi connectivity index (χ1) is 19.4. The number of esters is 1. The molecule has 0 aliphatic carbocycles. The van der Waals surface area contributed by atoms with E-state index in [0.29, 0.717) is 36.6 Å². The van der Waals surface area contributed by atoms with Gasteiger partial charge in [-0.15, -0.1) is 11.3 Å². The summed E-state index contributed by atoms with van der Waals surface area (Å²) < 4.78 is 5.19. The average molecular weight is 591 g/mol. The molecule has 0 aliphatic rings. The molecule has 0 spiro atoms. The van der Waals surface area contributed by atoms with Gasteiger partial charge in [0.1, 0.15) is 17.3 Å². The summed E-state index contributed by atoms with van der Waals surface area (Å²) in [6.45, 7) is 11.9. The molecular weight excluding hydrogens is 540 g/mol. The third-order valence-electron chi connectivity index (χ3n) is 7.77. The number of carbonyl (C=O) groups is 2. The number of nitrogens with two attached hydrogens (primary N) is 1. The van der Waals surface area contributed by atoms with Gasteiger partial charge in [0.15, 0.2) is 0 Å². The fourth-order valence-corrected chi connectivity index (χ4v) is 5.74. The van der Waals surface area contributed by atoms with Crippen molar-refractivity contribution in [2.75, 3.05) is 13.7 Å². The van der Waals surface area contributed by atoms with Gasteiger partial charge in [0.05, 0.1) is 24.3 Å². The molecular formula is C31H50N4O5S. The summed E-state index contributed by atoms with van der Waals surface area (Å²) in [4.78, 5) is 31.5. The Morgan fingerprint density at radius 2 is 1.76 bits per heavy atom. The number of likely N-dealkylation sites (N-methyl/N-ethyl adjacent to an activating group) is 1. The lowest BCUT2D eigenvalue weighted by molar-refractivity contribution is -0.148. The molecule has 1 unspecified atom stereocenters. The van der Waals surface area contributed by atoms with Crippen LogP contribution in [0.5, 0.6) is 0 Å². The van der Waals surface area contributed by atoms with Crippen LogP contribution < -0.4 is 11.1 Å². The number of carbonyl (C=O) groups excluding carboxylic acids is 2. The molecule has 1 heterocycles. The van der Waals surface area contributed by atoms with E-state index in [0.717, 1.165) is 12.0 Å². The first kappa shape index (κ1) is 34.8. The number of rotatable bonds is 17. The van der Waals surface area contributed by atoms with Crippen LogP contribution >= 0.6 is 11.3 Å². The number of benzene rings is 1. The van der Waals surface area contributed by atoms with Crippen LogP contribution in [0.2, 0.25) is 0 Å². The van der Waals surface area contributed by atoms with E-state index in [1.165, 1.54) is 11.3 Å². The summed E-state index contributed by atoms with van der Waals surface area (Å²) >= 11 is 1.27. The maximum atomic E-state index is 13.0. The van der Waals surface area contributed by atoms with Crippen molar-refractivity contribution < 1.29 is 24.5 Å². The number of hydrogen-bond donors (Lipinski definition) is 4. The molecule has 41 heavy (non-hydrogen) atoms. The molecule has 1 aromatic carbocycles. The van der Waals surface area contributed by atoms with E-state index in [4.69, 9.17) is 10.5 Å². The van der Waals surface area contributed by atoms with Crippen LogP contribution in [0.4, 0.5) is 0 Å². The predicted octanol–water partition coefficient (Wildman–Crippen LogP) is 4.20. The van der Waals surface area contributed by atoms with E-state index in [2.05, 4.69) is 10.3 Å². The highest BCUT2D eigenvalue weighted by molar-refractivity contribution is 7.09. The van der Waals surface area contributed by atoms with E-state index >= 15 is 0 Å². The zero-order chi connectivity index (χ0) is 30.7. The molecule has 2 aromatic rings. The Morgan fingerprint density at radius 3 is 2.34 bits per heavy atom. The van der Waals surface area contributed by atoms with Crippen molar-refractivity contribution in [1.29, 1.82) is 0 Å². The Balaban J connectivity index is 2.13. The quantitative estimate of drug-likeness (QED) is 0.159. The maximum absolute atomic E-state index is 13.0. The van der Waals surface area contributed by atoms with Gasteiger partial charge >= 0.3 is 5.97 Å². The number of hydrogen-bond acceptors (Lipinski definition) is 9. The van der Waals surface area contributed by atoms with Gasteiger partial charge in [-0.1, -0.05) is 71.4 Å². The standard InChI is InChI=1S/C31H50N4O5S/c1-8-20(5)27(32)30(38)35(7)25(19(3)4)17-26(36)29-34-24(18-41-29)28(37)33-23(15-21(6)31(39)40-9-2)16-22-13-11-10-12-14-22/h10-14,18-21,23,25-28,33,36-37H,8-9,15-17,32H2,1-7H3/t20-,21-,23+,25+,26+,27-,28?/m0/s1. The van der Waals surface area contributed by atoms with Crippen LogP contribution in [0.15, 0.2) is 35.7 Å². The van der Waals surface area contributed by atoms with E-state index < -0.39 is 18.4 Å². The lowest BCUT2D eigenvalue weighted by atomic mass is 9.93. The molecule has 230 valence electrons. The molecule has 2 rings (SSSR count). The molecule has 1 aromatic heterocycles. The smallest absolute Gasteiger partial charge is 0.308 e. The average Bonchev–Trinajstić information content (AvgIpc) is 3.45. The molecule has 10 heteroatoms. The highest BCUT2D eigenvalue weighted by Gasteiger charge is 2.32. The minimum absolute atomic E-state index is 0.0594. The summed E-state index contributed by atoms with van der Waals surface area (Å²) in [5.74, 6) is -0.601. The summed E-state index contributed by atoms with van der Waals surface area (Å²) in [7, 11) is 1.74. The number of nitrogens with zero attached hydrogens (tertiary/aromatic N) is 2. The topological polar surface area (TPSA) is 138 Å². The minimum atomic E-state index is -1.09. The van der Waals surface area contributed by atoms with Crippen molar-refractivity contribution in [3.05, 3.63) is 52.0 Å². The number of thiazole rings is 1. The maximum Gasteiger partial charge on any atom is 0.308 e. The van der Waals surface area contributed by atoms with Gasteiger partial charge in [-0.25, -0.2) is 4.98 Å². The van der Waals surface area contributed by atoms with Crippen LogP contribution in [-0.4, -0.2) is 63.8 Å². The second kappa shape index (κ2) is 16.9. The van der Waals surface area contributed by atoms with Crippen molar-refractivity contribution in [3.63, 3.8) is 0 Å². The molecule has 9 nitrogen and oxygen atoms in total. The third-order valence-corrected chi connectivity index (χ3v) is 8.74. The SMILES string of the molecule is CCOC(=O)[C@@H](C)C[C@H](Cc1ccccc1)NC(O)c1csc([C@H](O)C[C@H](C(C)C)N(C)C(=O)[C@@H](N)[C@@H](C)CC)n1. The van der Waals surface area contributed by atoms with Gasteiger partial charge in [0.25, 0.3) is 0 Å². The van der Waals surface area contributed by atoms with E-state index in [9.17, 15) is 19.8 Å². The molecule has 0 saturated carbocycles. The van der Waals surface area contributed by atoms with Crippen LogP contribution in [0.1, 0.15) is 89.4 Å². The Labute approximate surface area is 249 Å². The van der Waals surface area contributed by atoms with Gasteiger partial charge < -0.3 is 25.6 Å². The number of amides is 1. The van der Waals surface area contributed by atoms with E-state index in [1.54, 1.807) is 24.3 Å². The second-order valence-corrected chi connectivity index (χ2v) is 12.3. The summed E-state index contributed by atoms with van der Waals surface area (Å²) in [5.41, 5.74) is 7.69. The van der Waals surface area contributed by atoms with E-state index in [-0.39, 0.29) is 41.7 Å². The molecule has 7 atom stereocenters. The highest BCUT2D eigenvalue weighted by atomic mass is 32.1. The van der Waals surface area contributed by atoms with Crippen LogP contribution in [0.3, 0.4) is 0 Å². The van der Waals surface area contributed by atoms with Gasteiger partial charge in [-0.05, 0) is 37.2 Å². The summed E-state index contributed by atoms with van der Waals surface area (Å²) in [6.07, 6.45) is 0.191. The van der Waals surface area contributed by atoms with Crippen molar-refractivity contribution >= 4 is 23.2 Å². The molecule has 5 N–H and O–H groups in total. The first-order valence-corrected chi connectivity index (χ1v) is 15.6. The third kappa shape index (κ3) is 10.4. The molecule has 0 aliphatic heterocycles. The lowest BCUT2D eigenvalue weighted by Crippen LogP contribution is -2.51. The van der Waals surface area contributed by atoms with Crippen LogP contribution in [-0.2, 0) is 20.7 Å². The fraction of sp³-hybridized carbons (Fsp3) is 0.645. The Kier molecular flexibility index (Phi) is 14.4. The Bertz CT molecular complexity index is 1070. The molecule has 0 saturated heterocycles. The number of aromatic nitrogens is 1. The second-order valence-electron chi connectivity index (χ2n) is 11.4. The Morgan fingerprint density at radius 1 is 1.10 bits per heavy atom. The van der Waals surface area contributed by atoms with E-state index in [1.807, 2.05) is 65.0 Å². The number of aliphatic hydroxyl groups excluding tert-OH is 2. The largest absolute Gasteiger partial charge is 0.466 e. The number of nitrogens with one attached hydrogen (secondary N) is 1. The minimum Gasteiger partial charge on any atom is -0.466 e. The predicted molar refractivity (Wildman–Crippen MR) is 163 cm³/mol. The first-order valence-electron chi connectivity index (χ1n) is 14.7. The Hall–Kier alpha value is -2.37. The van der Waals surface area contributed by atoms with Gasteiger partial charge in [-0.2, -0.15) is 0 Å². The zero-order valence-electron chi connectivity index (χ0n) is 25.6. The van der Waals surface area contributed by atoms with Crippen LogP contribution in [0, 0.1) is 17.8 Å². The van der Waals surface area contributed by atoms with Crippen LogP contribution in [0.25, 0.3) is 0 Å². The van der Waals surface area contributed by atoms with Crippen molar-refractivity contribution in [2.24, 2.45) is 23.5 Å². The number of ether oxygens (including phenoxy) is 1. The molecule has 1 amide bonds. The number of aliphatic hydroxyl groups is 2. The lowest BCUT2D eigenvalue weighted by Gasteiger charge is -2.35. The van der Waals surface area contributed by atoms with Crippen molar-refractivity contribution in [3.8, 4) is 0 Å². The van der Waals surface area contributed by atoms with Crippen molar-refractivity contribution in [1.82, 2.24) is 15.2 Å².